The molecule has 0 fully saturated rings. The molecule has 134 valence electrons. The van der Waals surface area contributed by atoms with Crippen LogP contribution in [0.25, 0.3) is 0 Å². The zero-order valence-electron chi connectivity index (χ0n) is 13.6. The van der Waals surface area contributed by atoms with Gasteiger partial charge in [-0.2, -0.15) is 0 Å². The van der Waals surface area contributed by atoms with Crippen molar-refractivity contribution in [1.82, 2.24) is 5.32 Å². The fourth-order valence-electron chi connectivity index (χ4n) is 3.02. The van der Waals surface area contributed by atoms with E-state index in [1.165, 1.54) is 0 Å². The van der Waals surface area contributed by atoms with E-state index in [2.05, 4.69) is 5.32 Å². The number of halogens is 1. The van der Waals surface area contributed by atoms with Gasteiger partial charge in [0.25, 0.3) is 0 Å². The number of hydrogen-bond acceptors (Lipinski definition) is 4. The zero-order valence-corrected chi connectivity index (χ0v) is 15.3. The smallest absolute Gasteiger partial charge is 0.220 e. The molecule has 1 aliphatic rings. The molecule has 1 amide bonds. The number of hydrogen-bond donors (Lipinski definition) is 2. The molecule has 25 heavy (non-hydrogen) atoms. The molecule has 1 atom stereocenters. The molecule has 0 spiro atoms. The first kappa shape index (κ1) is 19.3. The van der Waals surface area contributed by atoms with Crippen molar-refractivity contribution < 1.29 is 13.2 Å². The number of anilines is 1. The van der Waals surface area contributed by atoms with E-state index in [1.807, 2.05) is 24.3 Å². The third-order valence-electron chi connectivity index (χ3n) is 4.32. The molecular weight excluding hydrogens is 360 g/mol. The van der Waals surface area contributed by atoms with Gasteiger partial charge in [-0.3, -0.25) is 4.79 Å². The lowest BCUT2D eigenvalue weighted by atomic mass is 10.0. The SMILES string of the molecule is Cl.Nc1ccccc1CCC(=O)NC1CCS(=O)(=O)c2ccccc21. The van der Waals surface area contributed by atoms with Crippen LogP contribution >= 0.6 is 12.4 Å². The summed E-state index contributed by atoms with van der Waals surface area (Å²) in [6, 6.07) is 14.1. The second-order valence-corrected chi connectivity index (χ2v) is 8.04. The molecule has 0 aromatic heterocycles. The summed E-state index contributed by atoms with van der Waals surface area (Å²) >= 11 is 0. The summed E-state index contributed by atoms with van der Waals surface area (Å²) in [5.41, 5.74) is 8.19. The summed E-state index contributed by atoms with van der Waals surface area (Å²) in [4.78, 5) is 12.6. The lowest BCUT2D eigenvalue weighted by Gasteiger charge is -2.26. The molecule has 7 heteroatoms. The highest BCUT2D eigenvalue weighted by Gasteiger charge is 2.30. The third kappa shape index (κ3) is 4.32. The van der Waals surface area contributed by atoms with Crippen LogP contribution in [0.5, 0.6) is 0 Å². The Hall–Kier alpha value is -2.05. The minimum atomic E-state index is -3.24. The average molecular weight is 381 g/mol. The van der Waals surface area contributed by atoms with Crippen LogP contribution in [0.4, 0.5) is 5.69 Å². The maximum absolute atomic E-state index is 12.3. The van der Waals surface area contributed by atoms with Crippen LogP contribution in [0.1, 0.15) is 30.0 Å². The van der Waals surface area contributed by atoms with Gasteiger partial charge in [0.1, 0.15) is 0 Å². The van der Waals surface area contributed by atoms with Gasteiger partial charge in [-0.1, -0.05) is 36.4 Å². The van der Waals surface area contributed by atoms with Crippen LogP contribution in [0.3, 0.4) is 0 Å². The van der Waals surface area contributed by atoms with Gasteiger partial charge in [-0.05, 0) is 36.1 Å². The number of carbonyl (C=O) groups is 1. The number of fused-ring (bicyclic) bond motifs is 1. The molecule has 1 unspecified atom stereocenters. The monoisotopic (exact) mass is 380 g/mol. The minimum Gasteiger partial charge on any atom is -0.399 e. The largest absolute Gasteiger partial charge is 0.399 e. The fraction of sp³-hybridized carbons (Fsp3) is 0.278. The number of rotatable bonds is 4. The number of para-hydroxylation sites is 1. The Kier molecular flexibility index (Phi) is 6.08. The van der Waals surface area contributed by atoms with Crippen molar-refractivity contribution in [3.05, 3.63) is 59.7 Å². The normalized spacial score (nSPS) is 17.8. The van der Waals surface area contributed by atoms with Crippen LogP contribution in [0.15, 0.2) is 53.4 Å². The number of aryl methyl sites for hydroxylation is 1. The minimum absolute atomic E-state index is 0. The molecule has 3 N–H and O–H groups in total. The van der Waals surface area contributed by atoms with E-state index in [4.69, 9.17) is 5.73 Å². The molecular formula is C18H21ClN2O3S. The first-order valence-corrected chi connectivity index (χ1v) is 9.57. The fourth-order valence-corrected chi connectivity index (χ4v) is 4.64. The van der Waals surface area contributed by atoms with E-state index in [0.29, 0.717) is 35.4 Å². The molecule has 0 saturated carbocycles. The Morgan fingerprint density at radius 2 is 1.80 bits per heavy atom. The highest BCUT2D eigenvalue weighted by Crippen LogP contribution is 2.31. The van der Waals surface area contributed by atoms with E-state index >= 15 is 0 Å². The van der Waals surface area contributed by atoms with Crippen LogP contribution in [-0.2, 0) is 21.1 Å². The summed E-state index contributed by atoms with van der Waals surface area (Å²) in [6.07, 6.45) is 1.28. The molecule has 0 bridgehead atoms. The average Bonchev–Trinajstić information content (AvgIpc) is 2.57. The van der Waals surface area contributed by atoms with Crippen LogP contribution in [0.2, 0.25) is 0 Å². The molecule has 3 rings (SSSR count). The number of benzene rings is 2. The van der Waals surface area contributed by atoms with E-state index in [9.17, 15) is 13.2 Å². The number of nitrogens with two attached hydrogens (primary N) is 1. The summed E-state index contributed by atoms with van der Waals surface area (Å²) in [5.74, 6) is -0.0435. The lowest BCUT2D eigenvalue weighted by Crippen LogP contribution is -2.34. The summed E-state index contributed by atoms with van der Waals surface area (Å²) < 4.78 is 24.3. The van der Waals surface area contributed by atoms with Crippen molar-refractivity contribution in [2.24, 2.45) is 0 Å². The summed E-state index contributed by atoms with van der Waals surface area (Å²) in [7, 11) is -3.24. The van der Waals surface area contributed by atoms with E-state index in [0.717, 1.165) is 5.56 Å². The second kappa shape index (κ2) is 7.89. The number of nitrogen functional groups attached to an aromatic ring is 1. The van der Waals surface area contributed by atoms with Crippen molar-refractivity contribution in [2.45, 2.75) is 30.2 Å². The first-order chi connectivity index (χ1) is 11.5. The van der Waals surface area contributed by atoms with Crippen LogP contribution in [0, 0.1) is 0 Å². The van der Waals surface area contributed by atoms with Gasteiger partial charge in [0.15, 0.2) is 9.84 Å². The van der Waals surface area contributed by atoms with Gasteiger partial charge in [0, 0.05) is 12.1 Å². The molecule has 5 nitrogen and oxygen atoms in total. The maximum Gasteiger partial charge on any atom is 0.220 e. The van der Waals surface area contributed by atoms with Crippen molar-refractivity contribution in [3.8, 4) is 0 Å². The van der Waals surface area contributed by atoms with Crippen molar-refractivity contribution >= 4 is 33.8 Å². The van der Waals surface area contributed by atoms with E-state index < -0.39 is 9.84 Å². The van der Waals surface area contributed by atoms with E-state index in [-0.39, 0.29) is 30.1 Å². The van der Waals surface area contributed by atoms with E-state index in [1.54, 1.807) is 24.3 Å². The second-order valence-electron chi connectivity index (χ2n) is 5.96. The number of nitrogens with one attached hydrogen (secondary N) is 1. The molecule has 1 aliphatic heterocycles. The molecule has 2 aromatic rings. The van der Waals surface area contributed by atoms with Gasteiger partial charge in [-0.15, -0.1) is 12.4 Å². The molecule has 0 radical (unpaired) electrons. The highest BCUT2D eigenvalue weighted by molar-refractivity contribution is 7.91. The molecule has 2 aromatic carbocycles. The van der Waals surface area contributed by atoms with Crippen LogP contribution < -0.4 is 11.1 Å². The quantitative estimate of drug-likeness (QED) is 0.798. The van der Waals surface area contributed by atoms with Crippen LogP contribution in [-0.4, -0.2) is 20.1 Å². The van der Waals surface area contributed by atoms with Crippen molar-refractivity contribution in [1.29, 1.82) is 0 Å². The third-order valence-corrected chi connectivity index (χ3v) is 6.13. The maximum atomic E-state index is 12.3. The Labute approximate surface area is 154 Å². The molecule has 1 heterocycles. The number of carbonyl (C=O) groups excluding carboxylic acids is 1. The number of sulfone groups is 1. The summed E-state index contributed by atoms with van der Waals surface area (Å²) in [5, 5.41) is 2.96. The Morgan fingerprint density at radius 1 is 1.12 bits per heavy atom. The van der Waals surface area contributed by atoms with Crippen molar-refractivity contribution in [2.75, 3.05) is 11.5 Å². The van der Waals surface area contributed by atoms with Crippen molar-refractivity contribution in [3.63, 3.8) is 0 Å². The Bertz CT molecular complexity index is 868. The molecule has 0 aliphatic carbocycles. The number of amides is 1. The van der Waals surface area contributed by atoms with Gasteiger partial charge in [0.2, 0.25) is 5.91 Å². The highest BCUT2D eigenvalue weighted by atomic mass is 35.5. The van der Waals surface area contributed by atoms with Gasteiger partial charge in [-0.25, -0.2) is 8.42 Å². The zero-order chi connectivity index (χ0) is 17.2. The van der Waals surface area contributed by atoms with Gasteiger partial charge < -0.3 is 11.1 Å². The summed E-state index contributed by atoms with van der Waals surface area (Å²) in [6.45, 7) is 0. The predicted octanol–water partition coefficient (Wildman–Crippen LogP) is 2.66. The lowest BCUT2D eigenvalue weighted by molar-refractivity contribution is -0.121. The standard InChI is InChI=1S/C18H20N2O3S.ClH/c19-15-7-3-1-5-13(15)9-10-18(21)20-16-11-12-24(22,23)17-8-4-2-6-14(16)17;/h1-8,16H,9-12,19H2,(H,20,21);1H. The Balaban J connectivity index is 0.00000225. The molecule has 0 saturated heterocycles. The van der Waals surface area contributed by atoms with Gasteiger partial charge >= 0.3 is 0 Å². The van der Waals surface area contributed by atoms with Gasteiger partial charge in [0.05, 0.1) is 16.7 Å². The predicted molar refractivity (Wildman–Crippen MR) is 100 cm³/mol. The topological polar surface area (TPSA) is 89.3 Å². The first-order valence-electron chi connectivity index (χ1n) is 7.92. The Morgan fingerprint density at radius 3 is 2.56 bits per heavy atom.